The number of aromatic carboxylic acids is 1. The molecule has 6 nitrogen and oxygen atoms in total. The molecule has 140 valence electrons. The number of nitrogens with one attached hydrogen (secondary N) is 1. The molecule has 3 aromatic rings. The Hall–Kier alpha value is -3.64. The van der Waals surface area contributed by atoms with Gasteiger partial charge in [0.25, 0.3) is 0 Å². The largest absolute Gasteiger partial charge is 0.478 e. The molecular weight excluding hydrogens is 356 g/mol. The molecule has 0 spiro atoms. The normalized spacial score (nSPS) is 12.2. The van der Waals surface area contributed by atoms with Gasteiger partial charge >= 0.3 is 11.9 Å². The molecule has 1 aliphatic rings. The SMILES string of the molecule is NNc1ccc(C(=O)O)c(C(=O)OCC2c3ccccc3-c3ccccc32)c1. The van der Waals surface area contributed by atoms with Gasteiger partial charge in [0, 0.05) is 11.6 Å². The van der Waals surface area contributed by atoms with E-state index in [1.165, 1.54) is 18.2 Å². The Kier molecular flexibility index (Phi) is 4.55. The highest BCUT2D eigenvalue weighted by atomic mass is 16.5. The lowest BCUT2D eigenvalue weighted by atomic mass is 9.98. The Morgan fingerprint density at radius 2 is 1.54 bits per heavy atom. The van der Waals surface area contributed by atoms with E-state index in [1.807, 2.05) is 36.4 Å². The lowest BCUT2D eigenvalue weighted by molar-refractivity contribution is 0.0483. The number of carboxylic acids is 1. The third kappa shape index (κ3) is 3.00. The van der Waals surface area contributed by atoms with Gasteiger partial charge in [-0.05, 0) is 40.5 Å². The molecule has 28 heavy (non-hydrogen) atoms. The van der Waals surface area contributed by atoms with Crippen LogP contribution in [0.25, 0.3) is 11.1 Å². The summed E-state index contributed by atoms with van der Waals surface area (Å²) in [5.74, 6) is 3.38. The molecule has 4 N–H and O–H groups in total. The summed E-state index contributed by atoms with van der Waals surface area (Å²) in [5.41, 5.74) is 7.10. The van der Waals surface area contributed by atoms with Crippen molar-refractivity contribution in [3.63, 3.8) is 0 Å². The molecule has 4 rings (SSSR count). The number of esters is 1. The molecule has 3 aromatic carbocycles. The van der Waals surface area contributed by atoms with Crippen molar-refractivity contribution in [1.29, 1.82) is 0 Å². The van der Waals surface area contributed by atoms with E-state index in [0.29, 0.717) is 5.69 Å². The highest BCUT2D eigenvalue weighted by Gasteiger charge is 2.29. The van der Waals surface area contributed by atoms with E-state index >= 15 is 0 Å². The Bertz CT molecular complexity index is 1030. The van der Waals surface area contributed by atoms with Gasteiger partial charge in [0.05, 0.1) is 11.1 Å². The van der Waals surface area contributed by atoms with Crippen LogP contribution in [0, 0.1) is 0 Å². The molecule has 0 aliphatic heterocycles. The van der Waals surface area contributed by atoms with Crippen LogP contribution in [-0.4, -0.2) is 23.7 Å². The summed E-state index contributed by atoms with van der Waals surface area (Å²) in [6.45, 7) is 0.117. The van der Waals surface area contributed by atoms with Gasteiger partial charge in [-0.25, -0.2) is 9.59 Å². The fourth-order valence-corrected chi connectivity index (χ4v) is 3.67. The summed E-state index contributed by atoms with van der Waals surface area (Å²) >= 11 is 0. The first-order chi connectivity index (χ1) is 13.6. The number of ether oxygens (including phenoxy) is 1. The minimum atomic E-state index is -1.20. The van der Waals surface area contributed by atoms with E-state index in [4.69, 9.17) is 10.6 Å². The number of hydrogen-bond acceptors (Lipinski definition) is 5. The first kappa shape index (κ1) is 17.8. The fraction of sp³-hybridized carbons (Fsp3) is 0.0909. The molecule has 0 heterocycles. The number of hydrogen-bond donors (Lipinski definition) is 3. The van der Waals surface area contributed by atoms with Crippen LogP contribution in [0.3, 0.4) is 0 Å². The number of benzene rings is 3. The maximum atomic E-state index is 12.7. The topological polar surface area (TPSA) is 102 Å². The Morgan fingerprint density at radius 1 is 0.929 bits per heavy atom. The number of nitrogens with two attached hydrogens (primary N) is 1. The van der Waals surface area contributed by atoms with Gasteiger partial charge in [-0.3, -0.25) is 5.84 Å². The lowest BCUT2D eigenvalue weighted by Gasteiger charge is -2.15. The summed E-state index contributed by atoms with van der Waals surface area (Å²) < 4.78 is 5.55. The van der Waals surface area contributed by atoms with E-state index in [1.54, 1.807) is 0 Å². The third-order valence-electron chi connectivity index (χ3n) is 4.98. The summed E-state index contributed by atoms with van der Waals surface area (Å²) in [5, 5.41) is 9.36. The van der Waals surface area contributed by atoms with Crippen molar-refractivity contribution in [3.8, 4) is 11.1 Å². The van der Waals surface area contributed by atoms with Gasteiger partial charge < -0.3 is 15.3 Å². The molecule has 6 heteroatoms. The zero-order chi connectivity index (χ0) is 19.7. The van der Waals surface area contributed by atoms with Crippen molar-refractivity contribution >= 4 is 17.6 Å². The highest BCUT2D eigenvalue weighted by Crippen LogP contribution is 2.44. The number of rotatable bonds is 5. The van der Waals surface area contributed by atoms with E-state index in [0.717, 1.165) is 22.3 Å². The van der Waals surface area contributed by atoms with Gasteiger partial charge in [0.2, 0.25) is 0 Å². The number of hydrazine groups is 1. The van der Waals surface area contributed by atoms with Gasteiger partial charge in [-0.2, -0.15) is 0 Å². The van der Waals surface area contributed by atoms with Crippen LogP contribution in [0.4, 0.5) is 5.69 Å². The predicted octanol–water partition coefficient (Wildman–Crippen LogP) is 3.64. The average Bonchev–Trinajstić information content (AvgIpc) is 3.05. The number of carbonyl (C=O) groups excluding carboxylic acids is 1. The monoisotopic (exact) mass is 374 g/mol. The second kappa shape index (κ2) is 7.17. The van der Waals surface area contributed by atoms with Gasteiger partial charge in [-0.15, -0.1) is 0 Å². The summed E-state index contributed by atoms with van der Waals surface area (Å²) in [6, 6.07) is 20.2. The number of nitrogen functional groups attached to an aromatic ring is 1. The fourth-order valence-electron chi connectivity index (χ4n) is 3.67. The molecule has 0 saturated carbocycles. The van der Waals surface area contributed by atoms with Crippen LogP contribution in [0.15, 0.2) is 66.7 Å². The van der Waals surface area contributed by atoms with Crippen LogP contribution in [0.5, 0.6) is 0 Å². The van der Waals surface area contributed by atoms with Crippen LogP contribution in [0.1, 0.15) is 37.8 Å². The minimum absolute atomic E-state index is 0.0393. The van der Waals surface area contributed by atoms with Crippen LogP contribution in [-0.2, 0) is 4.74 Å². The second-order valence-corrected chi connectivity index (χ2v) is 6.54. The average molecular weight is 374 g/mol. The van der Waals surface area contributed by atoms with Crippen molar-refractivity contribution in [1.82, 2.24) is 0 Å². The molecule has 1 aliphatic carbocycles. The second-order valence-electron chi connectivity index (χ2n) is 6.54. The zero-order valence-electron chi connectivity index (χ0n) is 14.9. The molecule has 0 atom stereocenters. The summed E-state index contributed by atoms with van der Waals surface area (Å²) in [6.07, 6.45) is 0. The molecule has 0 unspecified atom stereocenters. The maximum absolute atomic E-state index is 12.7. The van der Waals surface area contributed by atoms with E-state index in [2.05, 4.69) is 17.6 Å². The highest BCUT2D eigenvalue weighted by molar-refractivity contribution is 6.03. The summed E-state index contributed by atoms with van der Waals surface area (Å²) in [7, 11) is 0. The Morgan fingerprint density at radius 3 is 2.11 bits per heavy atom. The molecule has 0 saturated heterocycles. The molecule has 0 radical (unpaired) electrons. The molecule has 0 bridgehead atoms. The third-order valence-corrected chi connectivity index (χ3v) is 4.98. The van der Waals surface area contributed by atoms with Gasteiger partial charge in [-0.1, -0.05) is 48.5 Å². The quantitative estimate of drug-likeness (QED) is 0.358. The molecular formula is C22H18N2O4. The van der Waals surface area contributed by atoms with Crippen LogP contribution < -0.4 is 11.3 Å². The van der Waals surface area contributed by atoms with Crippen molar-refractivity contribution in [3.05, 3.63) is 89.0 Å². The van der Waals surface area contributed by atoms with Crippen LogP contribution in [0.2, 0.25) is 0 Å². The van der Waals surface area contributed by atoms with E-state index in [9.17, 15) is 14.7 Å². The predicted molar refractivity (Wildman–Crippen MR) is 105 cm³/mol. The standard InChI is InChI=1S/C22H18N2O4/c23-24-13-9-10-18(21(25)26)19(11-13)22(27)28-12-20-16-7-3-1-5-14(16)15-6-2-4-8-17(15)20/h1-11,20,24H,12,23H2,(H,25,26). The van der Waals surface area contributed by atoms with Gasteiger partial charge in [0.15, 0.2) is 0 Å². The van der Waals surface area contributed by atoms with Crippen molar-refractivity contribution < 1.29 is 19.4 Å². The van der Waals surface area contributed by atoms with Crippen molar-refractivity contribution in [2.75, 3.05) is 12.0 Å². The smallest absolute Gasteiger partial charge is 0.339 e. The van der Waals surface area contributed by atoms with E-state index in [-0.39, 0.29) is 23.7 Å². The number of fused-ring (bicyclic) bond motifs is 3. The number of anilines is 1. The first-order valence-electron chi connectivity index (χ1n) is 8.79. The molecule has 0 amide bonds. The molecule has 0 aromatic heterocycles. The Balaban J connectivity index is 1.62. The maximum Gasteiger partial charge on any atom is 0.339 e. The number of carbonyl (C=O) groups is 2. The number of carboxylic acid groups (broad SMARTS) is 1. The van der Waals surface area contributed by atoms with Crippen LogP contribution >= 0.6 is 0 Å². The Labute approximate surface area is 161 Å². The zero-order valence-corrected chi connectivity index (χ0v) is 14.9. The van der Waals surface area contributed by atoms with E-state index < -0.39 is 11.9 Å². The molecule has 0 fully saturated rings. The van der Waals surface area contributed by atoms with Gasteiger partial charge in [0.1, 0.15) is 6.61 Å². The minimum Gasteiger partial charge on any atom is -0.478 e. The van der Waals surface area contributed by atoms with Crippen molar-refractivity contribution in [2.45, 2.75) is 5.92 Å². The van der Waals surface area contributed by atoms with Crippen molar-refractivity contribution in [2.24, 2.45) is 5.84 Å². The summed E-state index contributed by atoms with van der Waals surface area (Å²) in [4.78, 5) is 24.1. The first-order valence-corrected chi connectivity index (χ1v) is 8.79. The lowest BCUT2D eigenvalue weighted by Crippen LogP contribution is -2.17.